The van der Waals surface area contributed by atoms with Gasteiger partial charge in [0, 0.05) is 18.6 Å². The number of ketones is 1. The monoisotopic (exact) mass is 232 g/mol. The van der Waals surface area contributed by atoms with E-state index in [0.717, 1.165) is 42.7 Å². The van der Waals surface area contributed by atoms with Gasteiger partial charge in [0.25, 0.3) is 0 Å². The topological polar surface area (TPSA) is 35.5 Å². The Morgan fingerprint density at radius 3 is 3.00 bits per heavy atom. The lowest BCUT2D eigenvalue weighted by atomic mass is 9.91. The van der Waals surface area contributed by atoms with Gasteiger partial charge >= 0.3 is 0 Å². The average molecular weight is 232 g/mol. The molecule has 2 aliphatic rings. The number of hydrogen-bond donors (Lipinski definition) is 0. The molecule has 0 bridgehead atoms. The van der Waals surface area contributed by atoms with Crippen LogP contribution in [0.15, 0.2) is 18.2 Å². The number of carbonyl (C=O) groups excluding carboxylic acids is 1. The van der Waals surface area contributed by atoms with Crippen LogP contribution >= 0.6 is 0 Å². The quantitative estimate of drug-likeness (QED) is 0.734. The molecule has 2 heterocycles. The predicted molar refractivity (Wildman–Crippen MR) is 63.6 cm³/mol. The van der Waals surface area contributed by atoms with Crippen molar-refractivity contribution in [3.05, 3.63) is 29.3 Å². The summed E-state index contributed by atoms with van der Waals surface area (Å²) in [7, 11) is 0. The Balaban J connectivity index is 1.91. The van der Waals surface area contributed by atoms with Crippen molar-refractivity contribution in [2.24, 2.45) is 0 Å². The van der Waals surface area contributed by atoms with Crippen LogP contribution in [-0.2, 0) is 11.2 Å². The normalized spacial score (nSPS) is 26.6. The van der Waals surface area contributed by atoms with Crippen LogP contribution in [-0.4, -0.2) is 24.6 Å². The van der Waals surface area contributed by atoms with Gasteiger partial charge in [-0.2, -0.15) is 0 Å². The molecule has 17 heavy (non-hydrogen) atoms. The zero-order valence-corrected chi connectivity index (χ0v) is 9.99. The maximum absolute atomic E-state index is 12.4. The highest BCUT2D eigenvalue weighted by Gasteiger charge is 2.38. The highest BCUT2D eigenvalue weighted by Crippen LogP contribution is 2.32. The molecule has 1 fully saturated rings. The van der Waals surface area contributed by atoms with Gasteiger partial charge in [-0.15, -0.1) is 0 Å². The molecule has 3 rings (SSSR count). The number of fused-ring (bicyclic) bond motifs is 1. The lowest BCUT2D eigenvalue weighted by Gasteiger charge is -2.21. The van der Waals surface area contributed by atoms with Gasteiger partial charge in [0.15, 0.2) is 5.78 Å². The Hall–Kier alpha value is -1.35. The molecule has 0 aliphatic carbocycles. The Morgan fingerprint density at radius 2 is 2.24 bits per heavy atom. The second-order valence-electron chi connectivity index (χ2n) is 4.93. The van der Waals surface area contributed by atoms with E-state index >= 15 is 0 Å². The third-order valence-corrected chi connectivity index (χ3v) is 3.65. The molecule has 0 saturated carbocycles. The first-order valence-corrected chi connectivity index (χ1v) is 6.13. The Labute approximate surface area is 101 Å². The Kier molecular flexibility index (Phi) is 2.44. The van der Waals surface area contributed by atoms with E-state index in [-0.39, 0.29) is 5.78 Å². The highest BCUT2D eigenvalue weighted by atomic mass is 16.5. The van der Waals surface area contributed by atoms with Crippen LogP contribution in [0.3, 0.4) is 0 Å². The molecule has 3 heteroatoms. The first-order valence-electron chi connectivity index (χ1n) is 6.13. The lowest BCUT2D eigenvalue weighted by Crippen LogP contribution is -2.34. The van der Waals surface area contributed by atoms with Gasteiger partial charge in [-0.3, -0.25) is 4.79 Å². The number of benzene rings is 1. The Bertz CT molecular complexity index is 459. The van der Waals surface area contributed by atoms with Gasteiger partial charge in [-0.25, -0.2) is 0 Å². The highest BCUT2D eigenvalue weighted by molar-refractivity contribution is 6.02. The summed E-state index contributed by atoms with van der Waals surface area (Å²) >= 11 is 0. The summed E-state index contributed by atoms with van der Waals surface area (Å²) in [5.74, 6) is 1.02. The van der Waals surface area contributed by atoms with E-state index in [2.05, 4.69) is 0 Å². The van der Waals surface area contributed by atoms with E-state index in [1.807, 2.05) is 25.1 Å². The first kappa shape index (κ1) is 10.8. The van der Waals surface area contributed by atoms with Gasteiger partial charge < -0.3 is 9.47 Å². The third-order valence-electron chi connectivity index (χ3n) is 3.65. The fourth-order valence-electron chi connectivity index (χ4n) is 2.59. The fourth-order valence-corrected chi connectivity index (χ4v) is 2.59. The molecule has 1 aromatic rings. The zero-order chi connectivity index (χ0) is 11.9. The van der Waals surface area contributed by atoms with Gasteiger partial charge in [0.2, 0.25) is 0 Å². The summed E-state index contributed by atoms with van der Waals surface area (Å²) in [5, 5.41) is 0. The minimum absolute atomic E-state index is 0.102. The molecular weight excluding hydrogens is 216 g/mol. The second-order valence-corrected chi connectivity index (χ2v) is 4.93. The fraction of sp³-hybridized carbons (Fsp3) is 0.500. The van der Waals surface area contributed by atoms with Gasteiger partial charge in [0.05, 0.1) is 6.61 Å². The van der Waals surface area contributed by atoms with Crippen molar-refractivity contribution in [1.29, 1.82) is 0 Å². The van der Waals surface area contributed by atoms with Crippen LogP contribution in [0.1, 0.15) is 35.7 Å². The van der Waals surface area contributed by atoms with Crippen LogP contribution < -0.4 is 4.74 Å². The first-order chi connectivity index (χ1) is 8.19. The maximum atomic E-state index is 12.4. The molecule has 1 unspecified atom stereocenters. The SMILES string of the molecule is CC1(C(=O)c2ccc3c(c2)CCO3)CCCO1. The molecule has 0 N–H and O–H groups in total. The van der Waals surface area contributed by atoms with Crippen LogP contribution in [0.25, 0.3) is 0 Å². The number of carbonyl (C=O) groups is 1. The molecule has 0 amide bonds. The molecule has 1 saturated heterocycles. The van der Waals surface area contributed by atoms with E-state index in [1.54, 1.807) is 0 Å². The van der Waals surface area contributed by atoms with Crippen LogP contribution in [0.4, 0.5) is 0 Å². The predicted octanol–water partition coefficient (Wildman–Crippen LogP) is 2.37. The summed E-state index contributed by atoms with van der Waals surface area (Å²) in [6.45, 7) is 3.31. The van der Waals surface area contributed by atoms with Crippen molar-refractivity contribution in [1.82, 2.24) is 0 Å². The molecule has 1 atom stereocenters. The number of hydrogen-bond acceptors (Lipinski definition) is 3. The van der Waals surface area contributed by atoms with E-state index in [0.29, 0.717) is 6.61 Å². The maximum Gasteiger partial charge on any atom is 0.194 e. The van der Waals surface area contributed by atoms with Gasteiger partial charge in [-0.1, -0.05) is 0 Å². The number of rotatable bonds is 2. The minimum atomic E-state index is -0.617. The van der Waals surface area contributed by atoms with Crippen molar-refractivity contribution in [3.63, 3.8) is 0 Å². The molecule has 90 valence electrons. The van der Waals surface area contributed by atoms with Crippen LogP contribution in [0.2, 0.25) is 0 Å². The largest absolute Gasteiger partial charge is 0.493 e. The van der Waals surface area contributed by atoms with Crippen LogP contribution in [0, 0.1) is 0 Å². The van der Waals surface area contributed by atoms with Crippen molar-refractivity contribution >= 4 is 5.78 Å². The van der Waals surface area contributed by atoms with Crippen molar-refractivity contribution in [2.75, 3.05) is 13.2 Å². The van der Waals surface area contributed by atoms with Gasteiger partial charge in [0.1, 0.15) is 11.4 Å². The van der Waals surface area contributed by atoms with Crippen LogP contribution in [0.5, 0.6) is 5.75 Å². The molecule has 1 aromatic carbocycles. The van der Waals surface area contributed by atoms with Crippen molar-refractivity contribution in [3.8, 4) is 5.75 Å². The molecule has 3 nitrogen and oxygen atoms in total. The number of Topliss-reactive ketones (excluding diaryl/α,β-unsaturated/α-hetero) is 1. The summed E-state index contributed by atoms with van der Waals surface area (Å²) in [4.78, 5) is 12.4. The molecule has 2 aliphatic heterocycles. The third kappa shape index (κ3) is 1.75. The molecule has 0 spiro atoms. The molecule has 0 aromatic heterocycles. The van der Waals surface area contributed by atoms with E-state index in [1.165, 1.54) is 0 Å². The second kappa shape index (κ2) is 3.84. The summed E-state index contributed by atoms with van der Waals surface area (Å²) in [6.07, 6.45) is 2.68. The number of ether oxygens (including phenoxy) is 2. The lowest BCUT2D eigenvalue weighted by molar-refractivity contribution is 0.0213. The van der Waals surface area contributed by atoms with E-state index in [9.17, 15) is 4.79 Å². The summed E-state index contributed by atoms with van der Waals surface area (Å²) in [5.41, 5.74) is 1.27. The Morgan fingerprint density at radius 1 is 1.35 bits per heavy atom. The zero-order valence-electron chi connectivity index (χ0n) is 9.99. The standard InChI is InChI=1S/C14H16O3/c1-14(6-2-7-17-14)13(15)11-3-4-12-10(9-11)5-8-16-12/h3-4,9H,2,5-8H2,1H3. The van der Waals surface area contributed by atoms with Gasteiger partial charge in [-0.05, 0) is 43.5 Å². The molecular formula is C14H16O3. The van der Waals surface area contributed by atoms with E-state index < -0.39 is 5.60 Å². The summed E-state index contributed by atoms with van der Waals surface area (Å²) < 4.78 is 11.0. The average Bonchev–Trinajstić information content (AvgIpc) is 2.96. The smallest absolute Gasteiger partial charge is 0.194 e. The minimum Gasteiger partial charge on any atom is -0.493 e. The van der Waals surface area contributed by atoms with Crippen molar-refractivity contribution < 1.29 is 14.3 Å². The molecule has 0 radical (unpaired) electrons. The summed E-state index contributed by atoms with van der Waals surface area (Å²) in [6, 6.07) is 5.70. The van der Waals surface area contributed by atoms with Crippen molar-refractivity contribution in [2.45, 2.75) is 31.8 Å². The van der Waals surface area contributed by atoms with E-state index in [4.69, 9.17) is 9.47 Å².